The molecule has 0 radical (unpaired) electrons. The first-order valence-corrected chi connectivity index (χ1v) is 8.25. The van der Waals surface area contributed by atoms with Crippen LogP contribution in [-0.4, -0.2) is 56.3 Å². The number of nitrogens with one attached hydrogen (secondary N) is 1. The molecule has 0 bridgehead atoms. The summed E-state index contributed by atoms with van der Waals surface area (Å²) < 4.78 is 7.62. The fourth-order valence-electron chi connectivity index (χ4n) is 3.61. The Kier molecular flexibility index (Phi) is 6.38. The molecule has 0 aliphatic carbocycles. The minimum Gasteiger partial charge on any atom is -0.394 e. The van der Waals surface area contributed by atoms with E-state index in [-0.39, 0.29) is 30.7 Å². The third kappa shape index (κ3) is 4.35. The molecule has 2 heterocycles. The second-order valence-electron chi connectivity index (χ2n) is 6.64. The van der Waals surface area contributed by atoms with Gasteiger partial charge in [0.1, 0.15) is 12.2 Å². The Hall–Kier alpha value is -1.87. The summed E-state index contributed by atoms with van der Waals surface area (Å²) in [7, 11) is 1.80. The maximum absolute atomic E-state index is 9.32. The molecule has 134 valence electrons. The van der Waals surface area contributed by atoms with Crippen LogP contribution in [0.3, 0.4) is 0 Å². The number of tetrazole rings is 1. The van der Waals surface area contributed by atoms with Crippen LogP contribution in [0, 0.1) is 17.2 Å². The fourth-order valence-corrected chi connectivity index (χ4v) is 3.61. The number of aliphatic imine (C=N–C) groups is 1. The van der Waals surface area contributed by atoms with Crippen LogP contribution in [0.25, 0.3) is 0 Å². The number of hydrogen-bond acceptors (Lipinski definition) is 6. The van der Waals surface area contributed by atoms with Crippen molar-refractivity contribution in [1.82, 2.24) is 20.2 Å². The van der Waals surface area contributed by atoms with Crippen molar-refractivity contribution in [2.75, 3.05) is 6.61 Å². The lowest BCUT2D eigenvalue weighted by molar-refractivity contribution is -0.0213. The number of aryl methyl sites for hydroxylation is 1. The molecule has 0 spiro atoms. The van der Waals surface area contributed by atoms with Crippen molar-refractivity contribution in [3.8, 4) is 0 Å². The standard InChI is InChI=1S/C15H27N7O2/c1-9(14-10(2)5-12(7-23)24-14)4-11(6-13(17)18-8-16)15-19-20-21-22(15)3/h8-12,14,23H,4-7H2,1-3H3,(H3,16,17,18). The Bertz CT molecular complexity index is 574. The average molecular weight is 337 g/mol. The van der Waals surface area contributed by atoms with Gasteiger partial charge in [-0.25, -0.2) is 9.67 Å². The summed E-state index contributed by atoms with van der Waals surface area (Å²) >= 11 is 0. The van der Waals surface area contributed by atoms with Gasteiger partial charge in [0, 0.05) is 19.4 Å². The van der Waals surface area contributed by atoms with Crippen LogP contribution in [0.5, 0.6) is 0 Å². The number of aromatic nitrogens is 4. The molecule has 24 heavy (non-hydrogen) atoms. The highest BCUT2D eigenvalue weighted by Crippen LogP contribution is 2.36. The van der Waals surface area contributed by atoms with Gasteiger partial charge in [0.05, 0.1) is 18.8 Å². The van der Waals surface area contributed by atoms with E-state index in [9.17, 15) is 5.11 Å². The zero-order valence-corrected chi connectivity index (χ0v) is 14.5. The third-order valence-corrected chi connectivity index (χ3v) is 4.67. The number of amidine groups is 1. The molecule has 2 rings (SSSR count). The lowest BCUT2D eigenvalue weighted by Gasteiger charge is -2.26. The van der Waals surface area contributed by atoms with Gasteiger partial charge in [0.25, 0.3) is 0 Å². The van der Waals surface area contributed by atoms with E-state index in [1.807, 2.05) is 0 Å². The lowest BCUT2D eigenvalue weighted by atomic mass is 9.84. The summed E-state index contributed by atoms with van der Waals surface area (Å²) in [6, 6.07) is 0. The molecule has 1 aliphatic heterocycles. The fraction of sp³-hybridized carbons (Fsp3) is 0.800. The topological polar surface area (TPSA) is 135 Å². The van der Waals surface area contributed by atoms with Crippen molar-refractivity contribution in [2.24, 2.45) is 29.6 Å². The predicted molar refractivity (Wildman–Crippen MR) is 89.9 cm³/mol. The number of rotatable bonds is 8. The molecule has 0 aromatic carbocycles. The van der Waals surface area contributed by atoms with Gasteiger partial charge < -0.3 is 15.6 Å². The van der Waals surface area contributed by atoms with E-state index in [1.54, 1.807) is 11.7 Å². The molecule has 5 atom stereocenters. The molecule has 0 saturated carbocycles. The van der Waals surface area contributed by atoms with Crippen LogP contribution in [0.1, 0.15) is 44.9 Å². The van der Waals surface area contributed by atoms with E-state index in [0.717, 1.165) is 25.0 Å². The van der Waals surface area contributed by atoms with E-state index >= 15 is 0 Å². The van der Waals surface area contributed by atoms with Crippen molar-refractivity contribution in [3.05, 3.63) is 5.82 Å². The molecular weight excluding hydrogens is 310 g/mol. The number of aliphatic hydroxyl groups excluding tert-OH is 1. The Balaban J connectivity index is 2.11. The van der Waals surface area contributed by atoms with E-state index < -0.39 is 0 Å². The Morgan fingerprint density at radius 3 is 2.92 bits per heavy atom. The number of hydrogen-bond donors (Lipinski definition) is 3. The maximum atomic E-state index is 9.32. The molecule has 9 heteroatoms. The SMILES string of the molecule is CC1CC(CO)OC1C(C)CC(CC(N)=NC=N)c1nnnn1C. The monoisotopic (exact) mass is 337 g/mol. The van der Waals surface area contributed by atoms with Crippen LogP contribution in [0.15, 0.2) is 4.99 Å². The second kappa shape index (κ2) is 8.29. The van der Waals surface area contributed by atoms with Crippen molar-refractivity contribution in [1.29, 1.82) is 5.41 Å². The minimum absolute atomic E-state index is 0.00678. The van der Waals surface area contributed by atoms with Gasteiger partial charge in [-0.3, -0.25) is 5.41 Å². The molecular formula is C15H27N7O2. The first-order chi connectivity index (χ1) is 11.5. The van der Waals surface area contributed by atoms with Crippen molar-refractivity contribution in [2.45, 2.75) is 51.2 Å². The van der Waals surface area contributed by atoms with Crippen molar-refractivity contribution >= 4 is 12.2 Å². The van der Waals surface area contributed by atoms with E-state index in [2.05, 4.69) is 34.4 Å². The summed E-state index contributed by atoms with van der Waals surface area (Å²) in [5.41, 5.74) is 5.90. The van der Waals surface area contributed by atoms with Crippen molar-refractivity contribution in [3.63, 3.8) is 0 Å². The van der Waals surface area contributed by atoms with Gasteiger partial charge in [-0.15, -0.1) is 5.10 Å². The largest absolute Gasteiger partial charge is 0.394 e. The molecule has 1 saturated heterocycles. The van der Waals surface area contributed by atoms with Gasteiger partial charge in [-0.2, -0.15) is 0 Å². The van der Waals surface area contributed by atoms with Gasteiger partial charge in [0.15, 0.2) is 5.82 Å². The third-order valence-electron chi connectivity index (χ3n) is 4.67. The van der Waals surface area contributed by atoms with Crippen LogP contribution in [-0.2, 0) is 11.8 Å². The Morgan fingerprint density at radius 2 is 2.38 bits per heavy atom. The van der Waals surface area contributed by atoms with Crippen LogP contribution in [0.2, 0.25) is 0 Å². The van der Waals surface area contributed by atoms with E-state index in [0.29, 0.717) is 18.2 Å². The van der Waals surface area contributed by atoms with Crippen LogP contribution in [0.4, 0.5) is 0 Å². The van der Waals surface area contributed by atoms with Gasteiger partial charge >= 0.3 is 0 Å². The number of ether oxygens (including phenoxy) is 1. The zero-order chi connectivity index (χ0) is 17.7. The summed E-state index contributed by atoms with van der Waals surface area (Å²) in [5, 5.41) is 28.1. The first-order valence-electron chi connectivity index (χ1n) is 8.25. The highest BCUT2D eigenvalue weighted by atomic mass is 16.5. The maximum Gasteiger partial charge on any atom is 0.154 e. The van der Waals surface area contributed by atoms with E-state index in [4.69, 9.17) is 15.9 Å². The van der Waals surface area contributed by atoms with Gasteiger partial charge in [0.2, 0.25) is 0 Å². The highest BCUT2D eigenvalue weighted by molar-refractivity contribution is 5.87. The highest BCUT2D eigenvalue weighted by Gasteiger charge is 2.36. The summed E-state index contributed by atoms with van der Waals surface area (Å²) in [6.45, 7) is 4.35. The first kappa shape index (κ1) is 18.5. The predicted octanol–water partition coefficient (Wildman–Crippen LogP) is 0.460. The Morgan fingerprint density at radius 1 is 1.62 bits per heavy atom. The lowest BCUT2D eigenvalue weighted by Crippen LogP contribution is -2.28. The Labute approximate surface area is 141 Å². The smallest absolute Gasteiger partial charge is 0.154 e. The molecule has 1 aromatic rings. The molecule has 5 unspecified atom stereocenters. The van der Waals surface area contributed by atoms with Gasteiger partial charge in [-0.05, 0) is 35.1 Å². The molecule has 1 aromatic heterocycles. The molecule has 0 amide bonds. The average Bonchev–Trinajstić information content (AvgIpc) is 3.12. The van der Waals surface area contributed by atoms with Crippen LogP contribution >= 0.6 is 0 Å². The quantitative estimate of drug-likeness (QED) is 0.466. The van der Waals surface area contributed by atoms with Crippen molar-refractivity contribution < 1.29 is 9.84 Å². The van der Waals surface area contributed by atoms with Gasteiger partial charge in [-0.1, -0.05) is 13.8 Å². The molecule has 4 N–H and O–H groups in total. The van der Waals surface area contributed by atoms with Crippen LogP contribution < -0.4 is 5.73 Å². The number of nitrogens with zero attached hydrogens (tertiary/aromatic N) is 5. The summed E-state index contributed by atoms with van der Waals surface area (Å²) in [4.78, 5) is 3.84. The zero-order valence-electron chi connectivity index (χ0n) is 14.5. The van der Waals surface area contributed by atoms with E-state index in [1.165, 1.54) is 0 Å². The minimum atomic E-state index is -0.0769. The number of aliphatic hydroxyl groups is 1. The molecule has 1 aliphatic rings. The molecule has 1 fully saturated rings. The molecule has 9 nitrogen and oxygen atoms in total. The second-order valence-corrected chi connectivity index (χ2v) is 6.64. The summed E-state index contributed by atoms with van der Waals surface area (Å²) in [5.74, 6) is 1.77. The number of nitrogens with two attached hydrogens (primary N) is 1. The normalized spacial score (nSPS) is 27.2. The summed E-state index contributed by atoms with van der Waals surface area (Å²) in [6.07, 6.45) is 3.10.